The minimum Gasteiger partial charge on any atom is -0.489 e. The second-order valence-corrected chi connectivity index (χ2v) is 15.4. The second-order valence-electron chi connectivity index (χ2n) is 15.4. The number of aromatic nitrogens is 4. The van der Waals surface area contributed by atoms with Crippen LogP contribution in [0.25, 0.3) is 32.9 Å². The van der Waals surface area contributed by atoms with E-state index in [0.717, 1.165) is 70.1 Å². The number of carbonyl (C=O) groups excluding carboxylic acids is 2. The van der Waals surface area contributed by atoms with Gasteiger partial charge in [0, 0.05) is 109 Å². The third kappa shape index (κ3) is 7.17. The molecule has 0 spiro atoms. The van der Waals surface area contributed by atoms with E-state index >= 15 is 0 Å². The highest BCUT2D eigenvalue weighted by atomic mass is 16.5. The number of aliphatic hydroxyl groups excluding tert-OH is 1. The number of ether oxygens (including phenoxy) is 3. The summed E-state index contributed by atoms with van der Waals surface area (Å²) in [5.41, 5.74) is 7.57. The maximum atomic E-state index is 13.0. The Morgan fingerprint density at radius 1 is 0.845 bits per heavy atom. The van der Waals surface area contributed by atoms with Crippen LogP contribution in [0, 0.1) is 11.8 Å². The van der Waals surface area contributed by atoms with Crippen LogP contribution in [0.15, 0.2) is 91.5 Å². The molecule has 2 amide bonds. The Morgan fingerprint density at radius 2 is 1.72 bits per heavy atom. The molecule has 0 radical (unpaired) electrons. The molecule has 0 bridgehead atoms. The Balaban J connectivity index is 0.627. The molecule has 3 fully saturated rings. The summed E-state index contributed by atoms with van der Waals surface area (Å²) in [5, 5.41) is 15.2. The lowest BCUT2D eigenvalue weighted by atomic mass is 9.92. The summed E-state index contributed by atoms with van der Waals surface area (Å²) in [7, 11) is 0. The third-order valence-electron chi connectivity index (χ3n) is 11.5. The molecule has 1 aliphatic carbocycles. The Bertz CT molecular complexity index is 2570. The Labute approximate surface area is 334 Å². The van der Waals surface area contributed by atoms with Crippen LogP contribution >= 0.6 is 0 Å². The van der Waals surface area contributed by atoms with E-state index in [1.54, 1.807) is 17.3 Å². The summed E-state index contributed by atoms with van der Waals surface area (Å²) in [6.45, 7) is 2.49. The number of amides is 2. The monoisotopic (exact) mass is 775 g/mol. The van der Waals surface area contributed by atoms with Crippen molar-refractivity contribution in [2.75, 3.05) is 24.6 Å². The van der Waals surface area contributed by atoms with Crippen LogP contribution in [0.5, 0.6) is 11.6 Å². The lowest BCUT2D eigenvalue weighted by molar-refractivity contribution is -0.129. The quantitative estimate of drug-likeness (QED) is 0.122. The van der Waals surface area contributed by atoms with Crippen LogP contribution in [0.3, 0.4) is 0 Å². The summed E-state index contributed by atoms with van der Waals surface area (Å²) in [4.78, 5) is 45.3. The van der Waals surface area contributed by atoms with Crippen LogP contribution in [0.1, 0.15) is 53.7 Å². The maximum Gasteiger partial charge on any atom is 0.254 e. The van der Waals surface area contributed by atoms with E-state index in [2.05, 4.69) is 60.2 Å². The lowest BCUT2D eigenvalue weighted by Gasteiger charge is -2.40. The van der Waals surface area contributed by atoms with Crippen LogP contribution in [-0.4, -0.2) is 92.0 Å². The molecule has 6 aromatic rings. The van der Waals surface area contributed by atoms with E-state index < -0.39 is 12.3 Å². The molecular formula is C45H41N7O6. The first-order chi connectivity index (χ1) is 28.4. The van der Waals surface area contributed by atoms with Gasteiger partial charge >= 0.3 is 0 Å². The van der Waals surface area contributed by atoms with Crippen molar-refractivity contribution >= 4 is 39.3 Å². The molecule has 2 aromatic carbocycles. The van der Waals surface area contributed by atoms with Gasteiger partial charge in [0.25, 0.3) is 5.91 Å². The van der Waals surface area contributed by atoms with Gasteiger partial charge in [-0.25, -0.2) is 9.97 Å². The molecule has 10 rings (SSSR count). The first-order valence-corrected chi connectivity index (χ1v) is 19.8. The smallest absolute Gasteiger partial charge is 0.254 e. The average molecular weight is 776 g/mol. The average Bonchev–Trinajstić information content (AvgIpc) is 3.74. The molecule has 3 aliphatic heterocycles. The van der Waals surface area contributed by atoms with Crippen molar-refractivity contribution in [3.63, 3.8) is 0 Å². The molecule has 4 aromatic heterocycles. The van der Waals surface area contributed by atoms with E-state index in [-0.39, 0.29) is 30.1 Å². The van der Waals surface area contributed by atoms with Gasteiger partial charge < -0.3 is 39.4 Å². The zero-order chi connectivity index (χ0) is 39.2. The van der Waals surface area contributed by atoms with Crippen LogP contribution in [-0.2, 0) is 16.1 Å². The van der Waals surface area contributed by atoms with E-state index in [0.29, 0.717) is 55.3 Å². The summed E-state index contributed by atoms with van der Waals surface area (Å²) in [5.74, 6) is 7.29. The summed E-state index contributed by atoms with van der Waals surface area (Å²) < 4.78 is 18.3. The minimum absolute atomic E-state index is 0.0523. The van der Waals surface area contributed by atoms with Gasteiger partial charge in [-0.05, 0) is 72.0 Å². The van der Waals surface area contributed by atoms with Crippen LogP contribution in [0.4, 0.5) is 5.69 Å². The fraction of sp³-hybridized carbons (Fsp3) is 0.311. The zero-order valence-corrected chi connectivity index (χ0v) is 31.6. The highest BCUT2D eigenvalue weighted by Crippen LogP contribution is 2.34. The lowest BCUT2D eigenvalue weighted by Crippen LogP contribution is -2.55. The number of nitrogens with zero attached hydrogens (tertiary/aromatic N) is 5. The van der Waals surface area contributed by atoms with E-state index in [1.807, 2.05) is 60.9 Å². The number of benzene rings is 2. The minimum atomic E-state index is -1.05. The predicted octanol–water partition coefficient (Wildman–Crippen LogP) is 5.36. The Morgan fingerprint density at radius 3 is 2.55 bits per heavy atom. The number of H-pyrrole nitrogens is 1. The van der Waals surface area contributed by atoms with Crippen molar-refractivity contribution in [3.8, 4) is 34.6 Å². The topological polar surface area (TPSA) is 155 Å². The highest BCUT2D eigenvalue weighted by molar-refractivity contribution is 6.07. The van der Waals surface area contributed by atoms with E-state index in [1.165, 1.54) is 0 Å². The standard InChI is InChI=1S/C45H41N7O6/c53-42-12-11-41(44(54)50-42)52-24-29-17-31(7-10-36(29)45(52)55)51-25-35(26-51)56-16-2-1-3-30-6-8-32(22-47-30)57-33-19-34(20-33)58-43-13-5-28(21-48-43)27-4-9-37-38-23-46-15-14-39(38)49-40(37)18-27/h4-10,13-15,17-18,21-23,33-35,41,44,49,54H,2,11-12,16,19-20,24-26H2,(H,50,53)/t33-,34-,41?,44?. The number of aromatic amines is 1. The van der Waals surface area contributed by atoms with Gasteiger partial charge in [-0.3, -0.25) is 14.6 Å². The normalized spacial score (nSPS) is 21.5. The maximum absolute atomic E-state index is 13.0. The van der Waals surface area contributed by atoms with E-state index in [4.69, 9.17) is 14.2 Å². The number of anilines is 1. The summed E-state index contributed by atoms with van der Waals surface area (Å²) in [6, 6.07) is 21.6. The van der Waals surface area contributed by atoms with Crippen molar-refractivity contribution in [2.24, 2.45) is 0 Å². The molecule has 13 nitrogen and oxygen atoms in total. The van der Waals surface area contributed by atoms with Crippen LogP contribution in [0.2, 0.25) is 0 Å². The van der Waals surface area contributed by atoms with Crippen molar-refractivity contribution < 1.29 is 28.9 Å². The molecule has 7 heterocycles. The number of piperidine rings is 1. The first-order valence-electron chi connectivity index (χ1n) is 19.8. The molecule has 4 aliphatic rings. The SMILES string of the molecule is O=C1CCC(N2Cc3cc(N4CC(OCCC#Cc5ccc(O[C@H]6C[C@H](Oc7ccc(-c8ccc9c(c8)[nH]c8ccncc89)cn7)C6)cn5)C4)ccc3C2=O)C(O)N1. The number of carbonyl (C=O) groups is 2. The van der Waals surface area contributed by atoms with Gasteiger partial charge in [-0.15, -0.1) is 0 Å². The van der Waals surface area contributed by atoms with Gasteiger partial charge in [0.2, 0.25) is 11.8 Å². The number of aliphatic hydroxyl groups is 1. The molecule has 13 heteroatoms. The fourth-order valence-corrected chi connectivity index (χ4v) is 8.22. The van der Waals surface area contributed by atoms with Crippen molar-refractivity contribution in [1.29, 1.82) is 0 Å². The van der Waals surface area contributed by atoms with Gasteiger partial charge in [-0.1, -0.05) is 18.1 Å². The molecule has 3 N–H and O–H groups in total. The number of hydrogen-bond donors (Lipinski definition) is 3. The molecule has 2 saturated heterocycles. The molecule has 292 valence electrons. The number of hydrogen-bond acceptors (Lipinski definition) is 10. The number of fused-ring (bicyclic) bond motifs is 4. The fourth-order valence-electron chi connectivity index (χ4n) is 8.22. The largest absolute Gasteiger partial charge is 0.489 e. The molecule has 1 saturated carbocycles. The van der Waals surface area contributed by atoms with Gasteiger partial charge in [0.15, 0.2) is 0 Å². The summed E-state index contributed by atoms with van der Waals surface area (Å²) >= 11 is 0. The third-order valence-corrected chi connectivity index (χ3v) is 11.5. The van der Waals surface area contributed by atoms with Crippen molar-refractivity contribution in [1.82, 2.24) is 30.2 Å². The van der Waals surface area contributed by atoms with E-state index in [9.17, 15) is 14.7 Å². The predicted molar refractivity (Wildman–Crippen MR) is 216 cm³/mol. The van der Waals surface area contributed by atoms with Gasteiger partial charge in [0.05, 0.1) is 24.9 Å². The summed E-state index contributed by atoms with van der Waals surface area (Å²) in [6.07, 6.45) is 9.34. The number of pyridine rings is 3. The van der Waals surface area contributed by atoms with Gasteiger partial charge in [-0.2, -0.15) is 0 Å². The molecule has 2 atom stereocenters. The highest BCUT2D eigenvalue weighted by Gasteiger charge is 2.39. The molecular weight excluding hydrogens is 735 g/mol. The molecule has 58 heavy (non-hydrogen) atoms. The molecule has 2 unspecified atom stereocenters. The number of rotatable bonds is 10. The van der Waals surface area contributed by atoms with Crippen LogP contribution < -0.4 is 19.7 Å². The van der Waals surface area contributed by atoms with Crippen molar-refractivity contribution in [3.05, 3.63) is 108 Å². The Hall–Kier alpha value is -6.49. The second kappa shape index (κ2) is 15.1. The van der Waals surface area contributed by atoms with Gasteiger partial charge in [0.1, 0.15) is 29.9 Å². The number of nitrogens with one attached hydrogen (secondary N) is 2. The Kier molecular flexibility index (Phi) is 9.35. The first kappa shape index (κ1) is 35.9. The van der Waals surface area contributed by atoms with Crippen molar-refractivity contribution in [2.45, 2.75) is 69.2 Å². The zero-order valence-electron chi connectivity index (χ0n) is 31.6.